The molecule has 3 rings (SSSR count). The van der Waals surface area contributed by atoms with Gasteiger partial charge in [0.05, 0.1) is 11.4 Å². The van der Waals surface area contributed by atoms with Crippen LogP contribution in [-0.4, -0.2) is 30.5 Å². The van der Waals surface area contributed by atoms with Gasteiger partial charge in [0.15, 0.2) is 0 Å². The summed E-state index contributed by atoms with van der Waals surface area (Å²) < 4.78 is 27.7. The highest BCUT2D eigenvalue weighted by Gasteiger charge is 2.29. The first-order chi connectivity index (χ1) is 11.0. The second-order valence-corrected chi connectivity index (χ2v) is 7.59. The predicted molar refractivity (Wildman–Crippen MR) is 85.4 cm³/mol. The van der Waals surface area contributed by atoms with Crippen molar-refractivity contribution in [3.05, 3.63) is 36.5 Å². The number of hydrogen-bond donors (Lipinski definition) is 2. The number of benzene rings is 1. The van der Waals surface area contributed by atoms with Gasteiger partial charge in [-0.2, -0.15) is 0 Å². The zero-order valence-corrected chi connectivity index (χ0v) is 13.3. The first kappa shape index (κ1) is 15.9. The number of carboxylic acid groups (broad SMARTS) is 1. The molecule has 6 nitrogen and oxygen atoms in total. The van der Waals surface area contributed by atoms with Crippen LogP contribution in [0.4, 0.5) is 0 Å². The van der Waals surface area contributed by atoms with E-state index in [2.05, 4.69) is 9.71 Å². The van der Waals surface area contributed by atoms with Crippen molar-refractivity contribution in [3.8, 4) is 0 Å². The standard InChI is InChI=1S/C16H18N2O4S/c19-16(20)11-5-7-13(8-6-11)18-23(21,22)14-9-12-3-1-2-4-15(12)17-10-14/h1-4,9-11,13,18H,5-8H2,(H,19,20). The molecule has 1 saturated carbocycles. The molecule has 1 aromatic heterocycles. The number of para-hydroxylation sites is 1. The first-order valence-electron chi connectivity index (χ1n) is 7.55. The lowest BCUT2D eigenvalue weighted by atomic mass is 9.87. The second kappa shape index (κ2) is 6.25. The lowest BCUT2D eigenvalue weighted by molar-refractivity contribution is -0.142. The van der Waals surface area contributed by atoms with Crippen LogP contribution >= 0.6 is 0 Å². The number of sulfonamides is 1. The van der Waals surface area contributed by atoms with Crippen molar-refractivity contribution in [1.29, 1.82) is 0 Å². The fourth-order valence-electron chi connectivity index (χ4n) is 2.94. The molecule has 2 aromatic rings. The van der Waals surface area contributed by atoms with E-state index in [4.69, 9.17) is 5.11 Å². The number of fused-ring (bicyclic) bond motifs is 1. The van der Waals surface area contributed by atoms with Gasteiger partial charge in [-0.15, -0.1) is 0 Å². The van der Waals surface area contributed by atoms with Gasteiger partial charge in [0.25, 0.3) is 0 Å². The van der Waals surface area contributed by atoms with Gasteiger partial charge < -0.3 is 5.11 Å². The Labute approximate surface area is 134 Å². The molecule has 0 bridgehead atoms. The molecule has 7 heteroatoms. The van der Waals surface area contributed by atoms with Gasteiger partial charge in [-0.05, 0) is 37.8 Å². The lowest BCUT2D eigenvalue weighted by Gasteiger charge is -2.26. The average molecular weight is 334 g/mol. The maximum absolute atomic E-state index is 12.5. The van der Waals surface area contributed by atoms with Crippen LogP contribution < -0.4 is 4.72 Å². The molecule has 2 N–H and O–H groups in total. The van der Waals surface area contributed by atoms with Gasteiger partial charge >= 0.3 is 5.97 Å². The van der Waals surface area contributed by atoms with Crippen LogP contribution in [0.15, 0.2) is 41.4 Å². The maximum atomic E-state index is 12.5. The summed E-state index contributed by atoms with van der Waals surface area (Å²) in [5, 5.41) is 9.76. The molecule has 1 heterocycles. The minimum absolute atomic E-state index is 0.136. The Morgan fingerprint density at radius 3 is 2.57 bits per heavy atom. The quantitative estimate of drug-likeness (QED) is 0.893. The monoisotopic (exact) mass is 334 g/mol. The fraction of sp³-hybridized carbons (Fsp3) is 0.375. The maximum Gasteiger partial charge on any atom is 0.306 e. The van der Waals surface area contributed by atoms with Crippen LogP contribution in [0.3, 0.4) is 0 Å². The van der Waals surface area contributed by atoms with E-state index in [-0.39, 0.29) is 16.9 Å². The molecular weight excluding hydrogens is 316 g/mol. The van der Waals surface area contributed by atoms with E-state index in [0.717, 1.165) is 10.9 Å². The van der Waals surface area contributed by atoms with Crippen molar-refractivity contribution >= 4 is 26.9 Å². The van der Waals surface area contributed by atoms with Gasteiger partial charge in [-0.3, -0.25) is 9.78 Å². The third-order valence-electron chi connectivity index (χ3n) is 4.27. The summed E-state index contributed by atoms with van der Waals surface area (Å²) >= 11 is 0. The van der Waals surface area contributed by atoms with Gasteiger partial charge in [-0.25, -0.2) is 13.1 Å². The number of nitrogens with zero attached hydrogens (tertiary/aromatic N) is 1. The number of nitrogens with one attached hydrogen (secondary N) is 1. The Hall–Kier alpha value is -1.99. The van der Waals surface area contributed by atoms with Crippen LogP contribution in [0.2, 0.25) is 0 Å². The molecule has 0 spiro atoms. The first-order valence-corrected chi connectivity index (χ1v) is 9.04. The minimum Gasteiger partial charge on any atom is -0.481 e. The number of carbonyl (C=O) groups is 1. The van der Waals surface area contributed by atoms with E-state index in [0.29, 0.717) is 25.7 Å². The number of carboxylic acids is 1. The van der Waals surface area contributed by atoms with Crippen molar-refractivity contribution in [2.45, 2.75) is 36.6 Å². The van der Waals surface area contributed by atoms with Crippen LogP contribution in [0.1, 0.15) is 25.7 Å². The number of aromatic nitrogens is 1. The largest absolute Gasteiger partial charge is 0.481 e. The van der Waals surface area contributed by atoms with Crippen LogP contribution in [0.5, 0.6) is 0 Å². The molecule has 1 aromatic carbocycles. The van der Waals surface area contributed by atoms with Crippen LogP contribution in [-0.2, 0) is 14.8 Å². The van der Waals surface area contributed by atoms with Crippen molar-refractivity contribution in [2.75, 3.05) is 0 Å². The Kier molecular flexibility index (Phi) is 4.32. The van der Waals surface area contributed by atoms with E-state index >= 15 is 0 Å². The molecule has 0 unspecified atom stereocenters. The Balaban J connectivity index is 1.74. The topological polar surface area (TPSA) is 96.4 Å². The molecule has 0 saturated heterocycles. The highest BCUT2D eigenvalue weighted by molar-refractivity contribution is 7.89. The van der Waals surface area contributed by atoms with E-state index in [1.165, 1.54) is 6.20 Å². The fourth-order valence-corrected chi connectivity index (χ4v) is 4.23. The minimum atomic E-state index is -3.65. The van der Waals surface area contributed by atoms with E-state index < -0.39 is 16.0 Å². The molecule has 0 radical (unpaired) electrons. The lowest BCUT2D eigenvalue weighted by Crippen LogP contribution is -2.38. The third-order valence-corrected chi connectivity index (χ3v) is 5.76. The van der Waals surface area contributed by atoms with Crippen molar-refractivity contribution in [3.63, 3.8) is 0 Å². The zero-order valence-electron chi connectivity index (χ0n) is 12.5. The number of rotatable bonds is 4. The molecule has 23 heavy (non-hydrogen) atoms. The normalized spacial score (nSPS) is 22.1. The number of pyridine rings is 1. The molecule has 0 atom stereocenters. The van der Waals surface area contributed by atoms with Gasteiger partial charge in [0.1, 0.15) is 4.90 Å². The van der Waals surface area contributed by atoms with Crippen molar-refractivity contribution in [2.24, 2.45) is 5.92 Å². The Morgan fingerprint density at radius 2 is 1.87 bits per heavy atom. The molecule has 0 aliphatic heterocycles. The summed E-state index contributed by atoms with van der Waals surface area (Å²) in [6, 6.07) is 8.71. The third kappa shape index (κ3) is 3.51. The molecule has 122 valence electrons. The smallest absolute Gasteiger partial charge is 0.306 e. The van der Waals surface area contributed by atoms with Gasteiger partial charge in [0, 0.05) is 17.6 Å². The summed E-state index contributed by atoms with van der Waals surface area (Å²) in [4.78, 5) is 15.3. The van der Waals surface area contributed by atoms with Crippen molar-refractivity contribution in [1.82, 2.24) is 9.71 Å². The SMILES string of the molecule is O=C(O)C1CCC(NS(=O)(=O)c2cnc3ccccc3c2)CC1. The van der Waals surface area contributed by atoms with Crippen LogP contribution in [0.25, 0.3) is 10.9 Å². The summed E-state index contributed by atoms with van der Waals surface area (Å²) in [6.45, 7) is 0. The summed E-state index contributed by atoms with van der Waals surface area (Å²) in [5.41, 5.74) is 0.744. The number of hydrogen-bond acceptors (Lipinski definition) is 4. The average Bonchev–Trinajstić information content (AvgIpc) is 2.54. The molecule has 1 fully saturated rings. The van der Waals surface area contributed by atoms with Gasteiger partial charge in [0.2, 0.25) is 10.0 Å². The van der Waals surface area contributed by atoms with Crippen molar-refractivity contribution < 1.29 is 18.3 Å². The highest BCUT2D eigenvalue weighted by Crippen LogP contribution is 2.26. The summed E-state index contributed by atoms with van der Waals surface area (Å²) in [6.07, 6.45) is 3.43. The molecular formula is C16H18N2O4S. The van der Waals surface area contributed by atoms with E-state index in [1.54, 1.807) is 6.07 Å². The van der Waals surface area contributed by atoms with E-state index in [9.17, 15) is 13.2 Å². The van der Waals surface area contributed by atoms with Gasteiger partial charge in [-0.1, -0.05) is 18.2 Å². The molecule has 1 aliphatic rings. The predicted octanol–water partition coefficient (Wildman–Crippen LogP) is 2.16. The highest BCUT2D eigenvalue weighted by atomic mass is 32.2. The number of aliphatic carboxylic acids is 1. The second-order valence-electron chi connectivity index (χ2n) is 5.87. The molecule has 1 aliphatic carbocycles. The van der Waals surface area contributed by atoms with E-state index in [1.807, 2.05) is 24.3 Å². The molecule has 0 amide bonds. The summed E-state index contributed by atoms with van der Waals surface area (Å²) in [5.74, 6) is -1.16. The Morgan fingerprint density at radius 1 is 1.17 bits per heavy atom. The summed E-state index contributed by atoms with van der Waals surface area (Å²) in [7, 11) is -3.65. The van der Waals surface area contributed by atoms with Crippen LogP contribution in [0, 0.1) is 5.92 Å². The zero-order chi connectivity index (χ0) is 16.4. The Bertz CT molecular complexity index is 827.